The van der Waals surface area contributed by atoms with E-state index >= 15 is 0 Å². The number of ether oxygens (including phenoxy) is 3. The van der Waals surface area contributed by atoms with Crippen LogP contribution in [0.25, 0.3) is 6.08 Å². The Labute approximate surface area is 193 Å². The molecular formula is C22H27ClN2O6S. The van der Waals surface area contributed by atoms with E-state index in [1.54, 1.807) is 25.1 Å². The minimum Gasteiger partial charge on any atom is -0.491 e. The van der Waals surface area contributed by atoms with E-state index in [0.717, 1.165) is 0 Å². The van der Waals surface area contributed by atoms with Gasteiger partial charge in [-0.3, -0.25) is 4.79 Å². The average molecular weight is 483 g/mol. The van der Waals surface area contributed by atoms with Crippen molar-refractivity contribution in [2.24, 2.45) is 0 Å². The zero-order valence-corrected chi connectivity index (χ0v) is 19.9. The molecule has 1 unspecified atom stereocenters. The van der Waals surface area contributed by atoms with Gasteiger partial charge in [0.05, 0.1) is 30.2 Å². The lowest BCUT2D eigenvalue weighted by atomic mass is 10.2. The fourth-order valence-electron chi connectivity index (χ4n) is 2.84. The minimum atomic E-state index is -3.68. The van der Waals surface area contributed by atoms with Crippen molar-refractivity contribution in [2.45, 2.75) is 24.8 Å². The van der Waals surface area contributed by atoms with Crippen LogP contribution in [-0.4, -0.2) is 47.8 Å². The maximum absolute atomic E-state index is 12.4. The van der Waals surface area contributed by atoms with E-state index in [0.29, 0.717) is 34.4 Å². The third-order valence-electron chi connectivity index (χ3n) is 4.17. The molecule has 0 spiro atoms. The number of benzene rings is 2. The average Bonchev–Trinajstić information content (AvgIpc) is 2.72. The van der Waals surface area contributed by atoms with Crippen molar-refractivity contribution in [3.05, 3.63) is 53.1 Å². The van der Waals surface area contributed by atoms with Gasteiger partial charge < -0.3 is 19.5 Å². The standard InChI is InChI=1S/C22H27ClN2O6S/c1-5-31-20-13-16(12-19(23)22(20)30-4)6-11-21(26)24-17-7-9-18(10-8-17)32(27,28)25-15(2)14-29-3/h6-13,15,25H,5,14H2,1-4H3,(H,24,26)/b11-6+. The van der Waals surface area contributed by atoms with Crippen LogP contribution in [-0.2, 0) is 19.6 Å². The second kappa shape index (κ2) is 11.9. The van der Waals surface area contributed by atoms with Gasteiger partial charge in [-0.1, -0.05) is 11.6 Å². The number of anilines is 1. The normalized spacial score (nSPS) is 12.5. The van der Waals surface area contributed by atoms with Crippen molar-refractivity contribution in [3.8, 4) is 11.5 Å². The first-order valence-corrected chi connectivity index (χ1v) is 11.7. The molecule has 2 N–H and O–H groups in total. The van der Waals surface area contributed by atoms with E-state index in [-0.39, 0.29) is 17.5 Å². The maximum atomic E-state index is 12.4. The Bertz CT molecular complexity index is 1050. The largest absolute Gasteiger partial charge is 0.491 e. The lowest BCUT2D eigenvalue weighted by Crippen LogP contribution is -2.35. The molecule has 0 radical (unpaired) electrons. The van der Waals surface area contributed by atoms with Gasteiger partial charge in [-0.2, -0.15) is 0 Å². The summed E-state index contributed by atoms with van der Waals surface area (Å²) in [4.78, 5) is 12.4. The van der Waals surface area contributed by atoms with E-state index in [4.69, 9.17) is 25.8 Å². The number of carbonyl (C=O) groups excluding carboxylic acids is 1. The van der Waals surface area contributed by atoms with E-state index < -0.39 is 15.9 Å². The molecule has 0 heterocycles. The lowest BCUT2D eigenvalue weighted by Gasteiger charge is -2.13. The van der Waals surface area contributed by atoms with E-state index in [9.17, 15) is 13.2 Å². The zero-order valence-electron chi connectivity index (χ0n) is 18.3. The summed E-state index contributed by atoms with van der Waals surface area (Å²) in [6.45, 7) is 4.24. The quantitative estimate of drug-likeness (QED) is 0.473. The molecule has 10 heteroatoms. The Kier molecular flexibility index (Phi) is 9.52. The number of halogens is 1. The number of rotatable bonds is 11. The predicted octanol–water partition coefficient (Wildman–Crippen LogP) is 3.71. The summed E-state index contributed by atoms with van der Waals surface area (Å²) in [6, 6.07) is 8.86. The van der Waals surface area contributed by atoms with Crippen LogP contribution in [0.3, 0.4) is 0 Å². The van der Waals surface area contributed by atoms with E-state index in [1.165, 1.54) is 44.6 Å². The number of carbonyl (C=O) groups is 1. The third kappa shape index (κ3) is 7.23. The first-order chi connectivity index (χ1) is 15.2. The Morgan fingerprint density at radius 3 is 2.47 bits per heavy atom. The van der Waals surface area contributed by atoms with Gasteiger partial charge in [0.25, 0.3) is 0 Å². The van der Waals surface area contributed by atoms with Crippen molar-refractivity contribution >= 4 is 39.3 Å². The molecule has 8 nitrogen and oxygen atoms in total. The van der Waals surface area contributed by atoms with Crippen LogP contribution in [0.2, 0.25) is 5.02 Å². The van der Waals surface area contributed by atoms with Crippen LogP contribution in [0.4, 0.5) is 5.69 Å². The van der Waals surface area contributed by atoms with Crippen molar-refractivity contribution in [1.82, 2.24) is 4.72 Å². The van der Waals surface area contributed by atoms with Crippen LogP contribution < -0.4 is 19.5 Å². The van der Waals surface area contributed by atoms with Crippen LogP contribution in [0.1, 0.15) is 19.4 Å². The molecule has 0 aliphatic rings. The SMILES string of the molecule is CCOc1cc(/C=C/C(=O)Nc2ccc(S(=O)(=O)NC(C)COC)cc2)cc(Cl)c1OC. The molecule has 0 aliphatic heterocycles. The van der Waals surface area contributed by atoms with Gasteiger partial charge in [-0.15, -0.1) is 0 Å². The molecule has 174 valence electrons. The first-order valence-electron chi connectivity index (χ1n) is 9.80. The molecule has 0 aromatic heterocycles. The van der Waals surface area contributed by atoms with Crippen LogP contribution >= 0.6 is 11.6 Å². The minimum absolute atomic E-state index is 0.0883. The monoisotopic (exact) mass is 482 g/mol. The molecule has 1 amide bonds. The van der Waals surface area contributed by atoms with Crippen molar-refractivity contribution in [2.75, 3.05) is 32.8 Å². The molecule has 2 aromatic rings. The second-order valence-electron chi connectivity index (χ2n) is 6.79. The molecular weight excluding hydrogens is 456 g/mol. The maximum Gasteiger partial charge on any atom is 0.248 e. The summed E-state index contributed by atoms with van der Waals surface area (Å²) >= 11 is 6.22. The van der Waals surface area contributed by atoms with Gasteiger partial charge >= 0.3 is 0 Å². The summed E-state index contributed by atoms with van der Waals surface area (Å²) in [7, 11) is -0.686. The second-order valence-corrected chi connectivity index (χ2v) is 8.91. The highest BCUT2D eigenvalue weighted by Gasteiger charge is 2.17. The third-order valence-corrected chi connectivity index (χ3v) is 6.05. The molecule has 0 bridgehead atoms. The summed E-state index contributed by atoms with van der Waals surface area (Å²) < 4.78 is 42.9. The number of hydrogen-bond acceptors (Lipinski definition) is 6. The van der Waals surface area contributed by atoms with Crippen LogP contribution in [0.5, 0.6) is 11.5 Å². The van der Waals surface area contributed by atoms with Crippen LogP contribution in [0, 0.1) is 0 Å². The van der Waals surface area contributed by atoms with Gasteiger partial charge in [-0.25, -0.2) is 13.1 Å². The summed E-state index contributed by atoms with van der Waals surface area (Å²) in [6.07, 6.45) is 2.93. The van der Waals surface area contributed by atoms with E-state index in [2.05, 4.69) is 10.0 Å². The fourth-order valence-corrected chi connectivity index (χ4v) is 4.36. The predicted molar refractivity (Wildman–Crippen MR) is 125 cm³/mol. The molecule has 1 atom stereocenters. The van der Waals surface area contributed by atoms with E-state index in [1.807, 2.05) is 6.92 Å². The van der Waals surface area contributed by atoms with Crippen LogP contribution in [0.15, 0.2) is 47.4 Å². The Hall–Kier alpha value is -2.59. The van der Waals surface area contributed by atoms with Crippen molar-refractivity contribution in [1.29, 1.82) is 0 Å². The van der Waals surface area contributed by atoms with Gasteiger partial charge in [0.15, 0.2) is 11.5 Å². The van der Waals surface area contributed by atoms with Gasteiger partial charge in [0.2, 0.25) is 15.9 Å². The number of methoxy groups -OCH3 is 2. The summed E-state index contributed by atoms with van der Waals surface area (Å²) in [5.74, 6) is 0.515. The summed E-state index contributed by atoms with van der Waals surface area (Å²) in [5, 5.41) is 3.04. The Balaban J connectivity index is 2.06. The molecule has 2 aromatic carbocycles. The summed E-state index contributed by atoms with van der Waals surface area (Å²) in [5.41, 5.74) is 1.11. The zero-order chi connectivity index (χ0) is 23.7. The van der Waals surface area contributed by atoms with Gasteiger partial charge in [-0.05, 0) is 61.9 Å². The highest BCUT2D eigenvalue weighted by molar-refractivity contribution is 7.89. The molecule has 2 rings (SSSR count). The smallest absolute Gasteiger partial charge is 0.248 e. The highest BCUT2D eigenvalue weighted by atomic mass is 35.5. The number of amides is 1. The number of nitrogens with one attached hydrogen (secondary N) is 2. The van der Waals surface area contributed by atoms with Crippen molar-refractivity contribution < 1.29 is 27.4 Å². The number of sulfonamides is 1. The first kappa shape index (κ1) is 25.7. The Morgan fingerprint density at radius 1 is 1.19 bits per heavy atom. The van der Waals surface area contributed by atoms with Gasteiger partial charge in [0.1, 0.15) is 0 Å². The lowest BCUT2D eigenvalue weighted by molar-refractivity contribution is -0.111. The highest BCUT2D eigenvalue weighted by Crippen LogP contribution is 2.36. The molecule has 0 saturated heterocycles. The topological polar surface area (TPSA) is 103 Å². The molecule has 0 fully saturated rings. The fraction of sp³-hybridized carbons (Fsp3) is 0.318. The Morgan fingerprint density at radius 2 is 1.88 bits per heavy atom. The molecule has 0 saturated carbocycles. The van der Waals surface area contributed by atoms with Crippen molar-refractivity contribution in [3.63, 3.8) is 0 Å². The molecule has 32 heavy (non-hydrogen) atoms. The number of hydrogen-bond donors (Lipinski definition) is 2. The van der Waals surface area contributed by atoms with Gasteiger partial charge in [0, 0.05) is 24.9 Å². The molecule has 0 aliphatic carbocycles.